The molecule has 5 rings (SSSR count). The second-order valence-electron chi connectivity index (χ2n) is 10.1. The molecule has 212 valence electrons. The zero-order chi connectivity index (χ0) is 29.0. The van der Waals surface area contributed by atoms with E-state index in [1.165, 1.54) is 32.3 Å². The summed E-state index contributed by atoms with van der Waals surface area (Å²) in [6.07, 6.45) is 9.93. The number of nitrogens with zero attached hydrogens (tertiary/aromatic N) is 2. The van der Waals surface area contributed by atoms with Crippen LogP contribution in [0.1, 0.15) is 48.4 Å². The Hall–Kier alpha value is -3.17. The molecule has 1 aliphatic heterocycles. The first-order valence-corrected chi connectivity index (χ1v) is 17.1. The largest absolute Gasteiger partial charge is 0.748 e. The van der Waals surface area contributed by atoms with Gasteiger partial charge in [-0.1, -0.05) is 84.6 Å². The van der Waals surface area contributed by atoms with Gasteiger partial charge in [-0.25, -0.2) is 8.42 Å². The van der Waals surface area contributed by atoms with E-state index in [0.29, 0.717) is 6.54 Å². The summed E-state index contributed by atoms with van der Waals surface area (Å²) in [5, 5.41) is 2.25. The number of hydrogen-bond donors (Lipinski definition) is 0. The smallest absolute Gasteiger partial charge is 0.263 e. The summed E-state index contributed by atoms with van der Waals surface area (Å²) in [7, 11) is -4.25. The van der Waals surface area contributed by atoms with Crippen LogP contribution in [0, 0.1) is 6.92 Å². The van der Waals surface area contributed by atoms with Crippen molar-refractivity contribution < 1.29 is 17.5 Å². The number of rotatable bonds is 10. The Morgan fingerprint density at radius 2 is 1.78 bits per heavy atom. The van der Waals surface area contributed by atoms with E-state index in [4.69, 9.17) is 0 Å². The third-order valence-electron chi connectivity index (χ3n) is 7.03. The fourth-order valence-electron chi connectivity index (χ4n) is 4.92. The van der Waals surface area contributed by atoms with Crippen LogP contribution in [-0.4, -0.2) is 25.3 Å². The second kappa shape index (κ2) is 12.8. The van der Waals surface area contributed by atoms with E-state index in [-0.39, 0.29) is 12.2 Å². The van der Waals surface area contributed by atoms with Gasteiger partial charge in [-0.2, -0.15) is 4.57 Å². The summed E-state index contributed by atoms with van der Waals surface area (Å²) in [6, 6.07) is 23.3. The summed E-state index contributed by atoms with van der Waals surface area (Å²) in [5.41, 5.74) is 6.97. The first-order valence-electron chi connectivity index (χ1n) is 13.9. The highest BCUT2D eigenvalue weighted by Gasteiger charge is 2.25. The van der Waals surface area contributed by atoms with E-state index in [1.54, 1.807) is 23.1 Å². The van der Waals surface area contributed by atoms with Gasteiger partial charge in [0.2, 0.25) is 5.52 Å². The maximum Gasteiger partial charge on any atom is 0.263 e. The van der Waals surface area contributed by atoms with Crippen LogP contribution in [0.4, 0.5) is 5.69 Å². The average molecular weight is 603 g/mol. The number of benzene rings is 3. The van der Waals surface area contributed by atoms with Gasteiger partial charge < -0.3 is 9.45 Å². The highest BCUT2D eigenvalue weighted by atomic mass is 32.2. The van der Waals surface area contributed by atoms with E-state index < -0.39 is 10.1 Å². The Labute approximate surface area is 251 Å². The molecule has 5 nitrogen and oxygen atoms in total. The zero-order valence-electron chi connectivity index (χ0n) is 23.5. The van der Waals surface area contributed by atoms with Crippen LogP contribution >= 0.6 is 23.1 Å². The molecule has 0 N–H and O–H groups in total. The minimum atomic E-state index is -4.25. The predicted octanol–water partition coefficient (Wildman–Crippen LogP) is 7.87. The van der Waals surface area contributed by atoms with E-state index in [9.17, 15) is 13.0 Å². The minimum Gasteiger partial charge on any atom is -0.748 e. The van der Waals surface area contributed by atoms with Crippen LogP contribution in [-0.2, 0) is 16.7 Å². The van der Waals surface area contributed by atoms with Crippen molar-refractivity contribution in [3.8, 4) is 0 Å². The number of thioether (sulfide) groups is 1. The molecule has 0 radical (unpaired) electrons. The number of aromatic nitrogens is 1. The monoisotopic (exact) mass is 602 g/mol. The summed E-state index contributed by atoms with van der Waals surface area (Å²) in [4.78, 5) is 3.61. The second-order valence-corrected chi connectivity index (χ2v) is 13.7. The lowest BCUT2D eigenvalue weighted by Gasteiger charge is -2.18. The molecule has 0 saturated heterocycles. The van der Waals surface area contributed by atoms with Crippen molar-refractivity contribution in [3.05, 3.63) is 105 Å². The summed E-state index contributed by atoms with van der Waals surface area (Å²) >= 11 is 3.48. The van der Waals surface area contributed by atoms with Crippen molar-refractivity contribution in [2.75, 3.05) is 17.2 Å². The van der Waals surface area contributed by atoms with Gasteiger partial charge in [-0.05, 0) is 66.8 Å². The zero-order valence-corrected chi connectivity index (χ0v) is 26.0. The van der Waals surface area contributed by atoms with E-state index in [1.807, 2.05) is 18.2 Å². The Balaban J connectivity index is 1.45. The molecule has 0 bridgehead atoms. The number of allylic oxidation sites excluding steroid dienone is 2. The average Bonchev–Trinajstić information content (AvgIpc) is 3.47. The number of fused-ring (bicyclic) bond motifs is 2. The molecule has 8 heteroatoms. The van der Waals surface area contributed by atoms with E-state index >= 15 is 0 Å². The van der Waals surface area contributed by atoms with Gasteiger partial charge in [-0.15, -0.1) is 0 Å². The number of anilines is 1. The standard InChI is InChI=1S/C33H34N2O3S3/c1-4-25(23-33-35(18-9-19-41(36,37)38)28-20-24(3)12-16-30(28)40-33)22-32-34(5-2)29-21-27(15-17-31(29)39-32)14-13-26-10-7-6-8-11-26/h6-8,10-17,20-23H,4-5,9,18-19H2,1-3H3. The molecule has 1 aliphatic rings. The molecule has 0 aliphatic carbocycles. The highest BCUT2D eigenvalue weighted by Crippen LogP contribution is 2.47. The van der Waals surface area contributed by atoms with Crippen LogP contribution in [0.15, 0.2) is 88.3 Å². The molecule has 41 heavy (non-hydrogen) atoms. The Morgan fingerprint density at radius 3 is 2.51 bits per heavy atom. The van der Waals surface area contributed by atoms with Crippen molar-refractivity contribution in [1.29, 1.82) is 0 Å². The summed E-state index contributed by atoms with van der Waals surface area (Å²) in [6.45, 7) is 7.73. The van der Waals surface area contributed by atoms with Crippen molar-refractivity contribution >= 4 is 67.3 Å². The van der Waals surface area contributed by atoms with Crippen LogP contribution in [0.5, 0.6) is 0 Å². The lowest BCUT2D eigenvalue weighted by Crippen LogP contribution is -2.36. The maximum atomic E-state index is 11.3. The third kappa shape index (κ3) is 7.19. The third-order valence-corrected chi connectivity index (χ3v) is 10.0. The molecular formula is C33H34N2O3S3. The normalized spacial score (nSPS) is 15.0. The van der Waals surface area contributed by atoms with Gasteiger partial charge in [-0.3, -0.25) is 0 Å². The van der Waals surface area contributed by atoms with Crippen LogP contribution in [0.2, 0.25) is 0 Å². The van der Waals surface area contributed by atoms with Crippen LogP contribution in [0.25, 0.3) is 28.4 Å². The Bertz CT molecular complexity index is 1750. The van der Waals surface area contributed by atoms with Gasteiger partial charge in [0, 0.05) is 35.8 Å². The molecule has 0 atom stereocenters. The van der Waals surface area contributed by atoms with E-state index in [2.05, 4.69) is 103 Å². The van der Waals surface area contributed by atoms with Crippen molar-refractivity contribution in [1.82, 2.24) is 0 Å². The molecule has 2 heterocycles. The molecular weight excluding hydrogens is 569 g/mol. The van der Waals surface area contributed by atoms with Gasteiger partial charge in [0.05, 0.1) is 20.8 Å². The molecule has 0 saturated carbocycles. The van der Waals surface area contributed by atoms with Gasteiger partial charge in [0.1, 0.15) is 4.70 Å². The first kappa shape index (κ1) is 29.3. The maximum absolute atomic E-state index is 11.3. The molecule has 0 fully saturated rings. The first-order chi connectivity index (χ1) is 19.7. The van der Waals surface area contributed by atoms with Gasteiger partial charge >= 0.3 is 0 Å². The lowest BCUT2D eigenvalue weighted by atomic mass is 10.1. The highest BCUT2D eigenvalue weighted by molar-refractivity contribution is 8.03. The van der Waals surface area contributed by atoms with Gasteiger partial charge in [0.25, 0.3) is 5.01 Å². The summed E-state index contributed by atoms with van der Waals surface area (Å²) in [5.74, 6) is -0.361. The minimum absolute atomic E-state index is 0.287. The van der Waals surface area contributed by atoms with E-state index in [0.717, 1.165) is 33.8 Å². The number of aryl methyl sites for hydroxylation is 2. The number of hydrogen-bond acceptors (Lipinski definition) is 6. The molecule has 3 aromatic carbocycles. The van der Waals surface area contributed by atoms with Crippen LogP contribution in [0.3, 0.4) is 0 Å². The lowest BCUT2D eigenvalue weighted by molar-refractivity contribution is -0.668. The summed E-state index contributed by atoms with van der Waals surface area (Å²) < 4.78 is 37.1. The van der Waals surface area contributed by atoms with Crippen LogP contribution < -0.4 is 9.47 Å². The molecule has 0 unspecified atom stereocenters. The molecule has 0 spiro atoms. The van der Waals surface area contributed by atoms with Crippen molar-refractivity contribution in [3.63, 3.8) is 0 Å². The predicted molar refractivity (Wildman–Crippen MR) is 173 cm³/mol. The molecule has 0 amide bonds. The Kier molecular flexibility index (Phi) is 9.14. The molecule has 4 aromatic rings. The molecule has 1 aromatic heterocycles. The quantitative estimate of drug-likeness (QED) is 0.105. The fraction of sp³-hybridized carbons (Fsp3) is 0.242. The SMILES string of the molecule is CCC(=Cc1sc2ccc(C)cc2[n+]1CCCS(=O)(=O)[O-])C=C1Sc2ccc(C=Cc3ccccc3)cc2N1CC. The van der Waals surface area contributed by atoms with Crippen molar-refractivity contribution in [2.24, 2.45) is 0 Å². The number of thiazole rings is 1. The fourth-order valence-corrected chi connectivity index (χ4v) is 7.73. The van der Waals surface area contributed by atoms with Gasteiger partial charge in [0.15, 0.2) is 6.54 Å². The topological polar surface area (TPSA) is 64.3 Å². The Morgan fingerprint density at radius 1 is 1.00 bits per heavy atom. The van der Waals surface area contributed by atoms with Crippen molar-refractivity contribution in [2.45, 2.75) is 45.1 Å².